The SMILES string of the molecule is CC=CCCC1CCC(C=CCCC2CCC(CCCCC)CC2)CC1. The zero-order valence-electron chi connectivity index (χ0n) is 17.9. The summed E-state index contributed by atoms with van der Waals surface area (Å²) in [5.74, 6) is 3.99. The van der Waals surface area contributed by atoms with E-state index in [0.29, 0.717) is 0 Å². The van der Waals surface area contributed by atoms with Crippen LogP contribution in [0.15, 0.2) is 24.3 Å². The number of hydrogen-bond donors (Lipinski definition) is 0. The highest BCUT2D eigenvalue weighted by atomic mass is 14.3. The third-order valence-electron chi connectivity index (χ3n) is 7.20. The van der Waals surface area contributed by atoms with Gasteiger partial charge in [-0.1, -0.05) is 82.6 Å². The third kappa shape index (κ3) is 8.92. The van der Waals surface area contributed by atoms with Crippen molar-refractivity contribution in [3.8, 4) is 0 Å². The van der Waals surface area contributed by atoms with E-state index in [0.717, 1.165) is 23.7 Å². The minimum atomic E-state index is 0.891. The van der Waals surface area contributed by atoms with Crippen molar-refractivity contribution in [3.63, 3.8) is 0 Å². The van der Waals surface area contributed by atoms with Gasteiger partial charge in [-0.2, -0.15) is 0 Å². The summed E-state index contributed by atoms with van der Waals surface area (Å²) in [7, 11) is 0. The molecule has 0 heteroatoms. The molecule has 0 amide bonds. The molecule has 2 saturated carbocycles. The summed E-state index contributed by atoms with van der Waals surface area (Å²) >= 11 is 0. The Morgan fingerprint density at radius 3 is 1.77 bits per heavy atom. The van der Waals surface area contributed by atoms with Crippen LogP contribution in [0.4, 0.5) is 0 Å². The molecule has 0 saturated heterocycles. The molecular formula is C26H46. The van der Waals surface area contributed by atoms with Gasteiger partial charge in [-0.3, -0.25) is 0 Å². The number of rotatable bonds is 11. The van der Waals surface area contributed by atoms with E-state index >= 15 is 0 Å². The molecule has 2 aliphatic rings. The van der Waals surface area contributed by atoms with Crippen molar-refractivity contribution in [2.45, 2.75) is 117 Å². The summed E-state index contributed by atoms with van der Waals surface area (Å²) in [6, 6.07) is 0. The van der Waals surface area contributed by atoms with Gasteiger partial charge < -0.3 is 0 Å². The summed E-state index contributed by atoms with van der Waals surface area (Å²) in [5, 5.41) is 0. The molecule has 0 aliphatic heterocycles. The fourth-order valence-corrected chi connectivity index (χ4v) is 5.28. The van der Waals surface area contributed by atoms with Crippen molar-refractivity contribution >= 4 is 0 Å². The number of allylic oxidation sites excluding steroid dienone is 4. The Labute approximate surface area is 164 Å². The van der Waals surface area contributed by atoms with Crippen molar-refractivity contribution < 1.29 is 0 Å². The average Bonchev–Trinajstić information content (AvgIpc) is 2.68. The van der Waals surface area contributed by atoms with E-state index in [4.69, 9.17) is 0 Å². The smallest absolute Gasteiger partial charge is 0.0233 e. The minimum absolute atomic E-state index is 0.891. The van der Waals surface area contributed by atoms with Crippen LogP contribution >= 0.6 is 0 Å². The average molecular weight is 359 g/mol. The quantitative estimate of drug-likeness (QED) is 0.255. The summed E-state index contributed by atoms with van der Waals surface area (Å²) < 4.78 is 0. The van der Waals surface area contributed by atoms with Crippen LogP contribution in [0.3, 0.4) is 0 Å². The predicted molar refractivity (Wildman–Crippen MR) is 117 cm³/mol. The van der Waals surface area contributed by atoms with E-state index in [1.165, 1.54) is 103 Å². The first-order valence-electron chi connectivity index (χ1n) is 12.1. The van der Waals surface area contributed by atoms with Crippen molar-refractivity contribution in [3.05, 3.63) is 24.3 Å². The van der Waals surface area contributed by atoms with Crippen molar-refractivity contribution in [1.82, 2.24) is 0 Å². The zero-order chi connectivity index (χ0) is 18.5. The standard InChI is InChI=1S/C26H46/c1-3-5-7-11-23-15-19-25(20-16-23)13-9-10-14-26-21-17-24(18-22-26)12-8-6-4-2/h3,5,9,13,23-26H,4,6-8,10-12,14-22H2,1-2H3. The second-order valence-electron chi connectivity index (χ2n) is 9.32. The minimum Gasteiger partial charge on any atom is -0.0917 e. The molecule has 0 aromatic carbocycles. The Hall–Kier alpha value is -0.520. The van der Waals surface area contributed by atoms with E-state index in [1.54, 1.807) is 0 Å². The second kappa shape index (κ2) is 13.6. The Kier molecular flexibility index (Phi) is 11.4. The molecule has 0 aromatic rings. The van der Waals surface area contributed by atoms with Crippen LogP contribution in [-0.2, 0) is 0 Å². The first kappa shape index (κ1) is 21.8. The van der Waals surface area contributed by atoms with Crippen LogP contribution in [0.5, 0.6) is 0 Å². The first-order chi connectivity index (χ1) is 12.8. The van der Waals surface area contributed by atoms with Crippen molar-refractivity contribution in [2.75, 3.05) is 0 Å². The van der Waals surface area contributed by atoms with Gasteiger partial charge >= 0.3 is 0 Å². The van der Waals surface area contributed by atoms with Crippen LogP contribution in [0.2, 0.25) is 0 Å². The third-order valence-corrected chi connectivity index (χ3v) is 7.20. The molecule has 0 radical (unpaired) electrons. The highest BCUT2D eigenvalue weighted by Crippen LogP contribution is 2.35. The highest BCUT2D eigenvalue weighted by molar-refractivity contribution is 4.92. The van der Waals surface area contributed by atoms with Gasteiger partial charge in [0.05, 0.1) is 0 Å². The summed E-state index contributed by atoms with van der Waals surface area (Å²) in [4.78, 5) is 0. The Balaban J connectivity index is 1.50. The summed E-state index contributed by atoms with van der Waals surface area (Å²) in [6.07, 6.45) is 32.9. The molecule has 2 fully saturated rings. The molecule has 0 N–H and O–H groups in total. The van der Waals surface area contributed by atoms with Crippen molar-refractivity contribution in [2.24, 2.45) is 23.7 Å². The maximum atomic E-state index is 2.58. The molecule has 0 spiro atoms. The van der Waals surface area contributed by atoms with E-state index < -0.39 is 0 Å². The number of unbranched alkanes of at least 4 members (excludes halogenated alkanes) is 2. The lowest BCUT2D eigenvalue weighted by atomic mass is 9.78. The summed E-state index contributed by atoms with van der Waals surface area (Å²) in [5.41, 5.74) is 0. The Morgan fingerprint density at radius 1 is 0.654 bits per heavy atom. The fourth-order valence-electron chi connectivity index (χ4n) is 5.28. The predicted octanol–water partition coefficient (Wildman–Crippen LogP) is 8.87. The van der Waals surface area contributed by atoms with Gasteiger partial charge in [0.1, 0.15) is 0 Å². The molecule has 0 unspecified atom stereocenters. The topological polar surface area (TPSA) is 0 Å². The van der Waals surface area contributed by atoms with Crippen LogP contribution in [0, 0.1) is 23.7 Å². The fraction of sp³-hybridized carbons (Fsp3) is 0.846. The van der Waals surface area contributed by atoms with Gasteiger partial charge in [0, 0.05) is 0 Å². The number of hydrogen-bond acceptors (Lipinski definition) is 0. The van der Waals surface area contributed by atoms with Crippen LogP contribution < -0.4 is 0 Å². The lowest BCUT2D eigenvalue weighted by molar-refractivity contribution is 0.249. The van der Waals surface area contributed by atoms with E-state index in [9.17, 15) is 0 Å². The van der Waals surface area contributed by atoms with Gasteiger partial charge in [0.25, 0.3) is 0 Å². The molecule has 150 valence electrons. The van der Waals surface area contributed by atoms with Crippen LogP contribution in [0.1, 0.15) is 117 Å². The summed E-state index contributed by atoms with van der Waals surface area (Å²) in [6.45, 7) is 4.46. The maximum absolute atomic E-state index is 2.58. The zero-order valence-corrected chi connectivity index (χ0v) is 17.9. The molecule has 0 aromatic heterocycles. The molecule has 0 nitrogen and oxygen atoms in total. The monoisotopic (exact) mass is 358 g/mol. The van der Waals surface area contributed by atoms with Gasteiger partial charge in [0.2, 0.25) is 0 Å². The normalized spacial score (nSPS) is 30.4. The molecule has 26 heavy (non-hydrogen) atoms. The van der Waals surface area contributed by atoms with Gasteiger partial charge in [0.15, 0.2) is 0 Å². The molecule has 0 heterocycles. The van der Waals surface area contributed by atoms with Gasteiger partial charge in [-0.05, 0) is 82.0 Å². The molecule has 0 bridgehead atoms. The largest absolute Gasteiger partial charge is 0.0917 e. The van der Waals surface area contributed by atoms with E-state index in [1.807, 2.05) is 0 Å². The molecule has 2 aliphatic carbocycles. The lowest BCUT2D eigenvalue weighted by Crippen LogP contribution is -2.14. The second-order valence-corrected chi connectivity index (χ2v) is 9.32. The van der Waals surface area contributed by atoms with E-state index in [-0.39, 0.29) is 0 Å². The molecule has 2 rings (SSSR count). The van der Waals surface area contributed by atoms with Crippen molar-refractivity contribution in [1.29, 1.82) is 0 Å². The van der Waals surface area contributed by atoms with E-state index in [2.05, 4.69) is 38.2 Å². The van der Waals surface area contributed by atoms with Gasteiger partial charge in [-0.15, -0.1) is 0 Å². The first-order valence-corrected chi connectivity index (χ1v) is 12.1. The maximum Gasteiger partial charge on any atom is -0.0233 e. The lowest BCUT2D eigenvalue weighted by Gasteiger charge is -2.28. The van der Waals surface area contributed by atoms with Gasteiger partial charge in [-0.25, -0.2) is 0 Å². The Bertz CT molecular complexity index is 375. The highest BCUT2D eigenvalue weighted by Gasteiger charge is 2.21. The molecular weight excluding hydrogens is 312 g/mol. The van der Waals surface area contributed by atoms with Crippen LogP contribution in [0.25, 0.3) is 0 Å². The molecule has 0 atom stereocenters. The van der Waals surface area contributed by atoms with Crippen LogP contribution in [-0.4, -0.2) is 0 Å². The Morgan fingerprint density at radius 2 is 1.19 bits per heavy atom.